The second-order valence-corrected chi connectivity index (χ2v) is 4.09. The van der Waals surface area contributed by atoms with Crippen molar-refractivity contribution >= 4 is 11.8 Å². The maximum Gasteiger partial charge on any atom is 0.416 e. The molecule has 0 spiro atoms. The van der Waals surface area contributed by atoms with Crippen LogP contribution in [-0.4, -0.2) is 40.4 Å². The highest BCUT2D eigenvalue weighted by atomic mass is 19.4. The molecule has 0 bridgehead atoms. The zero-order valence-corrected chi connectivity index (χ0v) is 10.8. The Kier molecular flexibility index (Phi) is 5.34. The highest BCUT2D eigenvalue weighted by Crippen LogP contribution is 2.21. The Morgan fingerprint density at radius 1 is 1.37 bits per heavy atom. The topological polar surface area (TPSA) is 70.1 Å². The number of aryl methyl sites for hydroxylation is 1. The molecule has 0 amide bonds. The van der Waals surface area contributed by atoms with Crippen LogP contribution in [-0.2, 0) is 0 Å². The average Bonchev–Trinajstić information content (AvgIpc) is 2.34. The lowest BCUT2D eigenvalue weighted by molar-refractivity contribution is -0.198. The summed E-state index contributed by atoms with van der Waals surface area (Å²) in [6, 6.07) is 0. The van der Waals surface area contributed by atoms with Crippen LogP contribution in [0.4, 0.5) is 24.9 Å². The first-order valence-corrected chi connectivity index (χ1v) is 5.90. The monoisotopic (exact) mass is 278 g/mol. The molecule has 0 radical (unpaired) electrons. The lowest BCUT2D eigenvalue weighted by atomic mass is 10.3. The largest absolute Gasteiger partial charge is 0.416 e. The summed E-state index contributed by atoms with van der Waals surface area (Å²) in [6.45, 7) is 3.67. The molecule has 1 unspecified atom stereocenters. The fraction of sp³-hybridized carbons (Fsp3) is 0.636. The third-order valence-electron chi connectivity index (χ3n) is 2.35. The van der Waals surface area contributed by atoms with Crippen LogP contribution in [0.1, 0.15) is 18.9 Å². The van der Waals surface area contributed by atoms with Gasteiger partial charge in [0.1, 0.15) is 5.82 Å². The van der Waals surface area contributed by atoms with E-state index in [4.69, 9.17) is 5.11 Å². The van der Waals surface area contributed by atoms with Crippen LogP contribution in [0, 0.1) is 6.92 Å². The number of aliphatic hydroxyl groups is 1. The van der Waals surface area contributed by atoms with Gasteiger partial charge in [0.2, 0.25) is 5.95 Å². The number of hydrogen-bond acceptors (Lipinski definition) is 5. The van der Waals surface area contributed by atoms with E-state index in [2.05, 4.69) is 20.6 Å². The number of nitrogens with zero attached hydrogens (tertiary/aromatic N) is 2. The molecule has 0 saturated carbocycles. The molecule has 8 heteroatoms. The number of rotatable bonds is 6. The van der Waals surface area contributed by atoms with Crippen molar-refractivity contribution in [2.45, 2.75) is 32.5 Å². The van der Waals surface area contributed by atoms with Crippen LogP contribution in [0.5, 0.6) is 0 Å². The van der Waals surface area contributed by atoms with Gasteiger partial charge in [-0.3, -0.25) is 0 Å². The van der Waals surface area contributed by atoms with Crippen LogP contribution >= 0.6 is 0 Å². The SMILES string of the molecule is CCCNc1ncc(C)c(NCC(O)C(F)(F)F)n1. The minimum absolute atomic E-state index is 0.275. The van der Waals surface area contributed by atoms with Crippen LogP contribution in [0.15, 0.2) is 6.20 Å². The lowest BCUT2D eigenvalue weighted by Gasteiger charge is -2.16. The number of nitrogens with one attached hydrogen (secondary N) is 2. The standard InChI is InChI=1S/C11H17F3N4O/c1-3-4-15-10-17-5-7(2)9(18-10)16-6-8(19)11(12,13)14/h5,8,19H,3-4,6H2,1-2H3,(H2,15,16,17,18). The van der Waals surface area contributed by atoms with Gasteiger partial charge < -0.3 is 15.7 Å². The van der Waals surface area contributed by atoms with Gasteiger partial charge in [-0.05, 0) is 13.3 Å². The maximum absolute atomic E-state index is 12.2. The van der Waals surface area contributed by atoms with E-state index in [1.807, 2.05) is 6.92 Å². The van der Waals surface area contributed by atoms with Crippen molar-refractivity contribution in [3.63, 3.8) is 0 Å². The first-order chi connectivity index (χ1) is 8.84. The summed E-state index contributed by atoms with van der Waals surface area (Å²) >= 11 is 0. The molecular formula is C11H17F3N4O. The van der Waals surface area contributed by atoms with Crippen molar-refractivity contribution in [2.75, 3.05) is 23.7 Å². The molecule has 1 aromatic rings. The highest BCUT2D eigenvalue weighted by Gasteiger charge is 2.37. The molecule has 19 heavy (non-hydrogen) atoms. The summed E-state index contributed by atoms with van der Waals surface area (Å²) in [5.41, 5.74) is 0.608. The Bertz CT molecular complexity index is 411. The second-order valence-electron chi connectivity index (χ2n) is 4.09. The zero-order valence-electron chi connectivity index (χ0n) is 10.8. The van der Waals surface area contributed by atoms with Crippen molar-refractivity contribution in [2.24, 2.45) is 0 Å². The summed E-state index contributed by atoms with van der Waals surface area (Å²) in [5, 5.41) is 14.3. The summed E-state index contributed by atoms with van der Waals surface area (Å²) in [6.07, 6.45) is -4.67. The van der Waals surface area contributed by atoms with Gasteiger partial charge >= 0.3 is 6.18 Å². The Hall–Kier alpha value is -1.57. The van der Waals surface area contributed by atoms with Crippen molar-refractivity contribution in [1.82, 2.24) is 9.97 Å². The number of aliphatic hydroxyl groups excluding tert-OH is 1. The van der Waals surface area contributed by atoms with Crippen molar-refractivity contribution in [3.05, 3.63) is 11.8 Å². The Labute approximate surface area is 109 Å². The van der Waals surface area contributed by atoms with Gasteiger partial charge in [0.05, 0.1) is 6.54 Å². The molecule has 3 N–H and O–H groups in total. The van der Waals surface area contributed by atoms with E-state index in [1.165, 1.54) is 6.20 Å². The molecule has 1 aromatic heterocycles. The molecule has 0 saturated heterocycles. The quantitative estimate of drug-likeness (QED) is 0.742. The molecule has 0 aliphatic carbocycles. The number of anilines is 2. The van der Waals surface area contributed by atoms with Crippen molar-refractivity contribution in [3.8, 4) is 0 Å². The van der Waals surface area contributed by atoms with Crippen LogP contribution in [0.2, 0.25) is 0 Å². The number of aromatic nitrogens is 2. The second kappa shape index (κ2) is 6.55. The molecule has 5 nitrogen and oxygen atoms in total. The normalized spacial score (nSPS) is 13.2. The van der Waals surface area contributed by atoms with Crippen molar-refractivity contribution < 1.29 is 18.3 Å². The fourth-order valence-corrected chi connectivity index (χ4v) is 1.25. The van der Waals surface area contributed by atoms with E-state index in [0.29, 0.717) is 18.1 Å². The Morgan fingerprint density at radius 2 is 2.05 bits per heavy atom. The Balaban J connectivity index is 2.66. The van der Waals surface area contributed by atoms with Gasteiger partial charge in [-0.2, -0.15) is 18.2 Å². The average molecular weight is 278 g/mol. The van der Waals surface area contributed by atoms with Crippen LogP contribution in [0.25, 0.3) is 0 Å². The smallest absolute Gasteiger partial charge is 0.382 e. The lowest BCUT2D eigenvalue weighted by Crippen LogP contribution is -2.35. The molecule has 1 heterocycles. The molecule has 1 rings (SSSR count). The van der Waals surface area contributed by atoms with Crippen molar-refractivity contribution in [1.29, 1.82) is 0 Å². The molecule has 0 fully saturated rings. The van der Waals surface area contributed by atoms with E-state index in [0.717, 1.165) is 6.42 Å². The summed E-state index contributed by atoms with van der Waals surface area (Å²) < 4.78 is 36.5. The fourth-order valence-electron chi connectivity index (χ4n) is 1.25. The Morgan fingerprint density at radius 3 is 2.63 bits per heavy atom. The zero-order chi connectivity index (χ0) is 14.5. The van der Waals surface area contributed by atoms with Gasteiger partial charge in [-0.15, -0.1) is 0 Å². The molecule has 0 aliphatic heterocycles. The third kappa shape index (κ3) is 4.90. The predicted molar refractivity (Wildman–Crippen MR) is 66.1 cm³/mol. The minimum Gasteiger partial charge on any atom is -0.382 e. The molecular weight excluding hydrogens is 261 g/mol. The molecule has 1 atom stereocenters. The van der Waals surface area contributed by atoms with Gasteiger partial charge in [0.15, 0.2) is 6.10 Å². The first-order valence-electron chi connectivity index (χ1n) is 5.90. The van der Waals surface area contributed by atoms with Crippen LogP contribution < -0.4 is 10.6 Å². The molecule has 0 aromatic carbocycles. The van der Waals surface area contributed by atoms with E-state index < -0.39 is 18.8 Å². The first kappa shape index (κ1) is 15.5. The van der Waals surface area contributed by atoms with Gasteiger partial charge in [-0.1, -0.05) is 6.92 Å². The van der Waals surface area contributed by atoms with E-state index in [-0.39, 0.29) is 5.82 Å². The maximum atomic E-state index is 12.2. The molecule has 0 aliphatic rings. The van der Waals surface area contributed by atoms with E-state index in [1.54, 1.807) is 6.92 Å². The van der Waals surface area contributed by atoms with Gasteiger partial charge in [0, 0.05) is 18.3 Å². The van der Waals surface area contributed by atoms with Gasteiger partial charge in [0.25, 0.3) is 0 Å². The number of alkyl halides is 3. The van der Waals surface area contributed by atoms with Gasteiger partial charge in [-0.25, -0.2) is 4.98 Å². The number of halogens is 3. The third-order valence-corrected chi connectivity index (χ3v) is 2.35. The molecule has 108 valence electrons. The van der Waals surface area contributed by atoms with E-state index >= 15 is 0 Å². The summed E-state index contributed by atoms with van der Waals surface area (Å²) in [5.74, 6) is 0.619. The summed E-state index contributed by atoms with van der Waals surface area (Å²) in [4.78, 5) is 8.06. The summed E-state index contributed by atoms with van der Waals surface area (Å²) in [7, 11) is 0. The van der Waals surface area contributed by atoms with Crippen LogP contribution in [0.3, 0.4) is 0 Å². The number of hydrogen-bond donors (Lipinski definition) is 3. The minimum atomic E-state index is -4.64. The predicted octanol–water partition coefficient (Wildman–Crippen LogP) is 1.94. The highest BCUT2D eigenvalue weighted by molar-refractivity contribution is 5.46. The van der Waals surface area contributed by atoms with E-state index in [9.17, 15) is 13.2 Å².